The number of rotatable bonds is 5. The fraction of sp³-hybridized carbons (Fsp3) is 0.385. The first kappa shape index (κ1) is 14.1. The molecular weight excluding hydrogens is 311 g/mol. The van der Waals surface area contributed by atoms with Crippen molar-refractivity contribution in [2.45, 2.75) is 19.4 Å². The van der Waals surface area contributed by atoms with Crippen LogP contribution in [0, 0.1) is 5.82 Å². The third-order valence-corrected chi connectivity index (χ3v) is 3.35. The summed E-state index contributed by atoms with van der Waals surface area (Å²) in [4.78, 5) is 0. The monoisotopic (exact) mass is 326 g/mol. The van der Waals surface area contributed by atoms with Crippen LogP contribution in [0.2, 0.25) is 0 Å². The Labute approximate surface area is 120 Å². The molecule has 4 nitrogen and oxygen atoms in total. The van der Waals surface area contributed by atoms with Crippen LogP contribution in [-0.2, 0) is 13.5 Å². The summed E-state index contributed by atoms with van der Waals surface area (Å²) in [5.74, 6) is -0.218. The Morgan fingerprint density at radius 1 is 1.47 bits per heavy atom. The van der Waals surface area contributed by atoms with Crippen molar-refractivity contribution in [3.63, 3.8) is 0 Å². The molecular formula is C13H16BrFN4. The number of benzene rings is 1. The van der Waals surface area contributed by atoms with Crippen molar-refractivity contribution in [1.29, 1.82) is 0 Å². The van der Waals surface area contributed by atoms with Gasteiger partial charge < -0.3 is 5.32 Å². The highest BCUT2D eigenvalue weighted by Gasteiger charge is 2.17. The van der Waals surface area contributed by atoms with Gasteiger partial charge in [-0.15, -0.1) is 5.10 Å². The topological polar surface area (TPSA) is 42.7 Å². The van der Waals surface area contributed by atoms with Crippen LogP contribution in [0.5, 0.6) is 0 Å². The van der Waals surface area contributed by atoms with Gasteiger partial charge in [0.05, 0.1) is 5.69 Å². The summed E-state index contributed by atoms with van der Waals surface area (Å²) in [6, 6.07) is 5.02. The summed E-state index contributed by atoms with van der Waals surface area (Å²) in [6.07, 6.45) is 2.46. The Morgan fingerprint density at radius 3 is 2.84 bits per heavy atom. The number of nitrogens with one attached hydrogen (secondary N) is 1. The minimum Gasteiger partial charge on any atom is -0.310 e. The lowest BCUT2D eigenvalue weighted by molar-refractivity contribution is 0.505. The van der Waals surface area contributed by atoms with E-state index in [1.165, 1.54) is 6.07 Å². The third-order valence-electron chi connectivity index (χ3n) is 2.85. The van der Waals surface area contributed by atoms with Crippen molar-refractivity contribution in [2.24, 2.45) is 7.05 Å². The Hall–Kier alpha value is -1.27. The zero-order valence-electron chi connectivity index (χ0n) is 10.9. The number of aryl methyl sites for hydroxylation is 1. The van der Waals surface area contributed by atoms with E-state index >= 15 is 0 Å². The molecule has 1 aromatic carbocycles. The summed E-state index contributed by atoms with van der Waals surface area (Å²) in [6.45, 7) is 2.76. The molecule has 102 valence electrons. The van der Waals surface area contributed by atoms with E-state index in [2.05, 4.69) is 31.6 Å². The number of hydrogen-bond donors (Lipinski definition) is 1. The predicted molar refractivity (Wildman–Crippen MR) is 75.2 cm³/mol. The Morgan fingerprint density at radius 2 is 2.26 bits per heavy atom. The number of halogens is 2. The molecule has 0 amide bonds. The van der Waals surface area contributed by atoms with E-state index in [9.17, 15) is 4.39 Å². The van der Waals surface area contributed by atoms with Crippen LogP contribution in [0.4, 0.5) is 4.39 Å². The molecule has 0 spiro atoms. The summed E-state index contributed by atoms with van der Waals surface area (Å²) in [7, 11) is 1.82. The van der Waals surface area contributed by atoms with E-state index in [0.717, 1.165) is 16.7 Å². The van der Waals surface area contributed by atoms with E-state index in [0.29, 0.717) is 12.0 Å². The maximum absolute atomic E-state index is 14.0. The second kappa shape index (κ2) is 6.25. The largest absolute Gasteiger partial charge is 0.310 e. The number of likely N-dealkylation sites (N-methyl/N-ethyl adjacent to an activating group) is 1. The fourth-order valence-corrected chi connectivity index (χ4v) is 2.35. The van der Waals surface area contributed by atoms with Crippen LogP contribution in [-0.4, -0.2) is 21.5 Å². The highest BCUT2D eigenvalue weighted by atomic mass is 79.9. The average molecular weight is 327 g/mol. The van der Waals surface area contributed by atoms with Crippen LogP contribution in [0.3, 0.4) is 0 Å². The van der Waals surface area contributed by atoms with Crippen LogP contribution in [0.15, 0.2) is 28.9 Å². The maximum Gasteiger partial charge on any atom is 0.129 e. The molecule has 0 bridgehead atoms. The van der Waals surface area contributed by atoms with Crippen molar-refractivity contribution in [2.75, 3.05) is 6.54 Å². The SMILES string of the molecule is CCNC(Cc1cn(C)nn1)c1ccc(Br)cc1F. The first-order valence-corrected chi connectivity index (χ1v) is 6.93. The molecule has 0 aliphatic carbocycles. The Balaban J connectivity index is 2.23. The quantitative estimate of drug-likeness (QED) is 0.918. The standard InChI is InChI=1S/C13H16BrFN4/c1-3-16-13(7-10-8-19(2)18-17-10)11-5-4-9(14)6-12(11)15/h4-6,8,13,16H,3,7H2,1-2H3. The van der Waals surface area contributed by atoms with Gasteiger partial charge in [-0.1, -0.05) is 34.1 Å². The summed E-state index contributed by atoms with van der Waals surface area (Å²) in [5, 5.41) is 11.2. The molecule has 1 atom stereocenters. The second-order valence-corrected chi connectivity index (χ2v) is 5.28. The maximum atomic E-state index is 14.0. The lowest BCUT2D eigenvalue weighted by Crippen LogP contribution is -2.24. The molecule has 1 N–H and O–H groups in total. The van der Waals surface area contributed by atoms with E-state index in [-0.39, 0.29) is 11.9 Å². The summed E-state index contributed by atoms with van der Waals surface area (Å²) in [5.41, 5.74) is 1.49. The second-order valence-electron chi connectivity index (χ2n) is 4.36. The Kier molecular flexibility index (Phi) is 4.66. The van der Waals surface area contributed by atoms with Gasteiger partial charge >= 0.3 is 0 Å². The van der Waals surface area contributed by atoms with Crippen molar-refractivity contribution >= 4 is 15.9 Å². The van der Waals surface area contributed by atoms with Crippen LogP contribution < -0.4 is 5.32 Å². The van der Waals surface area contributed by atoms with Gasteiger partial charge in [0.2, 0.25) is 0 Å². The summed E-state index contributed by atoms with van der Waals surface area (Å²) >= 11 is 3.27. The van der Waals surface area contributed by atoms with Gasteiger partial charge in [0, 0.05) is 35.7 Å². The van der Waals surface area contributed by atoms with Crippen molar-refractivity contribution < 1.29 is 4.39 Å². The normalized spacial score (nSPS) is 12.6. The van der Waals surface area contributed by atoms with Gasteiger partial charge in [0.15, 0.2) is 0 Å². The summed E-state index contributed by atoms with van der Waals surface area (Å²) < 4.78 is 16.4. The molecule has 2 aromatic rings. The number of nitrogens with zero attached hydrogens (tertiary/aromatic N) is 3. The van der Waals surface area contributed by atoms with Gasteiger partial charge in [0.1, 0.15) is 5.82 Å². The van der Waals surface area contributed by atoms with Crippen molar-refractivity contribution in [3.05, 3.63) is 45.9 Å². The van der Waals surface area contributed by atoms with Gasteiger partial charge in [-0.05, 0) is 18.7 Å². The molecule has 0 saturated carbocycles. The Bertz CT molecular complexity index is 555. The number of aromatic nitrogens is 3. The van der Waals surface area contributed by atoms with Gasteiger partial charge in [-0.25, -0.2) is 4.39 Å². The molecule has 0 saturated heterocycles. The highest BCUT2D eigenvalue weighted by Crippen LogP contribution is 2.23. The molecule has 2 rings (SSSR count). The van der Waals surface area contributed by atoms with Crippen molar-refractivity contribution in [3.8, 4) is 0 Å². The molecule has 19 heavy (non-hydrogen) atoms. The molecule has 0 aliphatic rings. The molecule has 1 unspecified atom stereocenters. The lowest BCUT2D eigenvalue weighted by atomic mass is 10.0. The van der Waals surface area contributed by atoms with Gasteiger partial charge in [0.25, 0.3) is 0 Å². The minimum atomic E-state index is -0.218. The third kappa shape index (κ3) is 3.61. The van der Waals surface area contributed by atoms with Crippen molar-refractivity contribution in [1.82, 2.24) is 20.3 Å². The van der Waals surface area contributed by atoms with E-state index in [1.807, 2.05) is 26.2 Å². The fourth-order valence-electron chi connectivity index (χ4n) is 2.02. The molecule has 6 heteroatoms. The predicted octanol–water partition coefficient (Wildman–Crippen LogP) is 2.61. The zero-order valence-corrected chi connectivity index (χ0v) is 12.5. The van der Waals surface area contributed by atoms with E-state index in [4.69, 9.17) is 0 Å². The van der Waals surface area contributed by atoms with Gasteiger partial charge in [-0.2, -0.15) is 0 Å². The van der Waals surface area contributed by atoms with Crippen LogP contribution in [0.25, 0.3) is 0 Å². The molecule has 0 radical (unpaired) electrons. The molecule has 1 heterocycles. The number of hydrogen-bond acceptors (Lipinski definition) is 3. The van der Waals surface area contributed by atoms with Crippen LogP contribution >= 0.6 is 15.9 Å². The minimum absolute atomic E-state index is 0.102. The molecule has 0 fully saturated rings. The lowest BCUT2D eigenvalue weighted by Gasteiger charge is -2.18. The van der Waals surface area contributed by atoms with Gasteiger partial charge in [-0.3, -0.25) is 4.68 Å². The van der Waals surface area contributed by atoms with Crippen LogP contribution in [0.1, 0.15) is 24.2 Å². The molecule has 1 aromatic heterocycles. The van der Waals surface area contributed by atoms with E-state index < -0.39 is 0 Å². The van der Waals surface area contributed by atoms with E-state index in [1.54, 1.807) is 10.7 Å². The first-order chi connectivity index (χ1) is 9.10. The smallest absolute Gasteiger partial charge is 0.129 e. The highest BCUT2D eigenvalue weighted by molar-refractivity contribution is 9.10. The zero-order chi connectivity index (χ0) is 13.8. The molecule has 0 aliphatic heterocycles. The first-order valence-electron chi connectivity index (χ1n) is 6.13. The average Bonchev–Trinajstić information content (AvgIpc) is 2.74.